The molecule has 11 heteroatoms. The maximum absolute atomic E-state index is 13.4. The topological polar surface area (TPSA) is 109 Å². The summed E-state index contributed by atoms with van der Waals surface area (Å²) in [6.07, 6.45) is 3.05. The molecule has 198 valence electrons. The highest BCUT2D eigenvalue weighted by Crippen LogP contribution is 2.37. The van der Waals surface area contributed by atoms with E-state index in [1.807, 2.05) is 0 Å². The molecule has 35 heavy (non-hydrogen) atoms. The fraction of sp³-hybridized carbons (Fsp3) is 0.750. The van der Waals surface area contributed by atoms with Crippen molar-refractivity contribution in [2.24, 2.45) is 5.92 Å². The minimum Gasteiger partial charge on any atom is -0.480 e. The number of aromatic nitrogens is 1. The van der Waals surface area contributed by atoms with Crippen molar-refractivity contribution in [1.82, 2.24) is 14.6 Å². The van der Waals surface area contributed by atoms with Gasteiger partial charge in [0.15, 0.2) is 0 Å². The van der Waals surface area contributed by atoms with E-state index in [2.05, 4.69) is 17.2 Å². The van der Waals surface area contributed by atoms with Gasteiger partial charge in [0.1, 0.15) is 10.4 Å². The number of ether oxygens (including phenoxy) is 1. The van der Waals surface area contributed by atoms with Crippen LogP contribution in [0.5, 0.6) is 5.88 Å². The lowest BCUT2D eigenvalue weighted by Gasteiger charge is -2.30. The third kappa shape index (κ3) is 6.68. The van der Waals surface area contributed by atoms with Crippen LogP contribution in [0.15, 0.2) is 17.0 Å². The molecule has 0 amide bonds. The lowest BCUT2D eigenvalue weighted by Crippen LogP contribution is -2.50. The SMILES string of the molecule is Cc1ccc(S(=O)(=O)N2CCC[C@@]2(C)C(=O)O)c(OCC[C@H](C)CCNC2CCC(F)(F)CC2)n1. The van der Waals surface area contributed by atoms with E-state index in [1.165, 1.54) is 13.0 Å². The molecule has 0 radical (unpaired) electrons. The zero-order chi connectivity index (χ0) is 25.9. The summed E-state index contributed by atoms with van der Waals surface area (Å²) in [4.78, 5) is 16.0. The van der Waals surface area contributed by atoms with Crippen LogP contribution in [-0.4, -0.2) is 66.0 Å². The van der Waals surface area contributed by atoms with Crippen molar-refractivity contribution >= 4 is 16.0 Å². The van der Waals surface area contributed by atoms with Crippen molar-refractivity contribution in [2.75, 3.05) is 19.7 Å². The molecule has 0 unspecified atom stereocenters. The number of carboxylic acids is 1. The molecule has 2 aliphatic rings. The van der Waals surface area contributed by atoms with Crippen molar-refractivity contribution in [3.8, 4) is 5.88 Å². The maximum Gasteiger partial charge on any atom is 0.324 e. The summed E-state index contributed by atoms with van der Waals surface area (Å²) in [5.74, 6) is -3.45. The minimum atomic E-state index is -4.12. The summed E-state index contributed by atoms with van der Waals surface area (Å²) in [5, 5.41) is 13.0. The Bertz CT molecular complexity index is 997. The highest BCUT2D eigenvalue weighted by Gasteiger charge is 2.50. The standard InChI is InChI=1S/C24H37F2N3O5S/c1-17(9-14-27-19-7-12-24(25,26)13-8-19)10-16-34-21-20(6-5-18(2)28-21)35(32,33)29-15-4-11-23(29,3)22(30)31/h5-6,17,19,27H,4,7-16H2,1-3H3,(H,30,31)/t17-,23+/m1/s1. The van der Waals surface area contributed by atoms with Gasteiger partial charge in [-0.05, 0) is 77.0 Å². The number of hydrogen-bond acceptors (Lipinski definition) is 6. The van der Waals surface area contributed by atoms with Gasteiger partial charge in [-0.25, -0.2) is 22.2 Å². The number of carboxylic acid groups (broad SMARTS) is 1. The van der Waals surface area contributed by atoms with Crippen molar-refractivity contribution < 1.29 is 31.8 Å². The summed E-state index contributed by atoms with van der Waals surface area (Å²) in [5.41, 5.74) is -0.909. The molecule has 1 aliphatic heterocycles. The summed E-state index contributed by atoms with van der Waals surface area (Å²) < 4.78 is 60.2. The number of alkyl halides is 2. The minimum absolute atomic E-state index is 0.0157. The molecule has 2 heterocycles. The number of halogens is 2. The van der Waals surface area contributed by atoms with E-state index in [4.69, 9.17) is 4.74 Å². The second-order valence-corrected chi connectivity index (χ2v) is 12.0. The van der Waals surface area contributed by atoms with Gasteiger partial charge in [0.2, 0.25) is 21.8 Å². The first-order chi connectivity index (χ1) is 16.3. The molecule has 0 aromatic carbocycles. The molecule has 0 spiro atoms. The van der Waals surface area contributed by atoms with E-state index in [0.717, 1.165) is 17.3 Å². The van der Waals surface area contributed by atoms with Crippen LogP contribution in [-0.2, 0) is 14.8 Å². The number of nitrogens with zero attached hydrogens (tertiary/aromatic N) is 2. The van der Waals surface area contributed by atoms with Crippen molar-refractivity contribution in [3.63, 3.8) is 0 Å². The average molecular weight is 518 g/mol. The molecule has 2 fully saturated rings. The number of rotatable bonds is 11. The second-order valence-electron chi connectivity index (χ2n) is 10.1. The number of pyridine rings is 1. The van der Waals surface area contributed by atoms with Gasteiger partial charge in [-0.2, -0.15) is 4.31 Å². The molecule has 0 bridgehead atoms. The largest absolute Gasteiger partial charge is 0.480 e. The van der Waals surface area contributed by atoms with Crippen LogP contribution in [0.4, 0.5) is 8.78 Å². The highest BCUT2D eigenvalue weighted by atomic mass is 32.2. The zero-order valence-corrected chi connectivity index (χ0v) is 21.5. The highest BCUT2D eigenvalue weighted by molar-refractivity contribution is 7.89. The third-order valence-electron chi connectivity index (χ3n) is 7.21. The Kier molecular flexibility index (Phi) is 8.75. The van der Waals surface area contributed by atoms with Gasteiger partial charge in [0.25, 0.3) is 0 Å². The zero-order valence-electron chi connectivity index (χ0n) is 20.7. The number of sulfonamides is 1. The Labute approximate surface area is 206 Å². The summed E-state index contributed by atoms with van der Waals surface area (Å²) in [7, 11) is -4.12. The van der Waals surface area contributed by atoms with E-state index in [1.54, 1.807) is 13.0 Å². The van der Waals surface area contributed by atoms with E-state index >= 15 is 0 Å². The first-order valence-corrected chi connectivity index (χ1v) is 13.8. The van der Waals surface area contributed by atoms with Gasteiger partial charge < -0.3 is 15.2 Å². The van der Waals surface area contributed by atoms with E-state index in [-0.39, 0.29) is 55.1 Å². The van der Waals surface area contributed by atoms with Crippen molar-refractivity contribution in [3.05, 3.63) is 17.8 Å². The molecule has 2 atom stereocenters. The molecule has 8 nitrogen and oxygen atoms in total. The second kappa shape index (κ2) is 11.0. The van der Waals surface area contributed by atoms with Crippen LogP contribution in [0.25, 0.3) is 0 Å². The summed E-state index contributed by atoms with van der Waals surface area (Å²) in [6.45, 7) is 6.33. The fourth-order valence-electron chi connectivity index (χ4n) is 4.76. The number of aryl methyl sites for hydroxylation is 1. The van der Waals surface area contributed by atoms with E-state index in [9.17, 15) is 27.1 Å². The third-order valence-corrected chi connectivity index (χ3v) is 9.24. The van der Waals surface area contributed by atoms with E-state index < -0.39 is 27.5 Å². The van der Waals surface area contributed by atoms with Gasteiger partial charge in [-0.3, -0.25) is 4.79 Å². The number of hydrogen-bond donors (Lipinski definition) is 2. The summed E-state index contributed by atoms with van der Waals surface area (Å²) in [6, 6.07) is 3.13. The Morgan fingerprint density at radius 2 is 1.97 bits per heavy atom. The molecule has 1 aliphatic carbocycles. The average Bonchev–Trinajstić information content (AvgIpc) is 3.19. The van der Waals surface area contributed by atoms with Gasteiger partial charge in [0.05, 0.1) is 6.61 Å². The molecule has 3 rings (SSSR count). The molecular formula is C24H37F2N3O5S. The smallest absolute Gasteiger partial charge is 0.324 e. The van der Waals surface area contributed by atoms with Crippen LogP contribution >= 0.6 is 0 Å². The van der Waals surface area contributed by atoms with Crippen molar-refractivity contribution in [2.45, 2.75) is 94.5 Å². The van der Waals surface area contributed by atoms with Gasteiger partial charge >= 0.3 is 5.97 Å². The number of aliphatic carboxylic acids is 1. The molecule has 1 aromatic heterocycles. The van der Waals surface area contributed by atoms with Crippen LogP contribution in [0.2, 0.25) is 0 Å². The predicted octanol–water partition coefficient (Wildman–Crippen LogP) is 3.98. The maximum atomic E-state index is 13.4. The molecule has 2 N–H and O–H groups in total. The monoisotopic (exact) mass is 517 g/mol. The lowest BCUT2D eigenvalue weighted by atomic mass is 9.92. The first-order valence-electron chi connectivity index (χ1n) is 12.3. The van der Waals surface area contributed by atoms with Gasteiger partial charge in [0, 0.05) is 31.1 Å². The molecular weight excluding hydrogens is 480 g/mol. The predicted molar refractivity (Wildman–Crippen MR) is 127 cm³/mol. The van der Waals surface area contributed by atoms with Gasteiger partial charge in [-0.1, -0.05) is 6.92 Å². The van der Waals surface area contributed by atoms with Crippen LogP contribution in [0.1, 0.15) is 70.9 Å². The fourth-order valence-corrected chi connectivity index (χ4v) is 6.63. The van der Waals surface area contributed by atoms with Crippen LogP contribution in [0, 0.1) is 12.8 Å². The Morgan fingerprint density at radius 3 is 2.63 bits per heavy atom. The molecule has 1 saturated heterocycles. The van der Waals surface area contributed by atoms with Gasteiger partial charge in [-0.15, -0.1) is 0 Å². The Balaban J connectivity index is 1.55. The van der Waals surface area contributed by atoms with Crippen molar-refractivity contribution in [1.29, 1.82) is 0 Å². The van der Waals surface area contributed by atoms with Crippen LogP contribution < -0.4 is 10.1 Å². The first kappa shape index (κ1) is 27.7. The summed E-state index contributed by atoms with van der Waals surface area (Å²) >= 11 is 0. The Hall–Kier alpha value is -1.85. The number of nitrogens with one attached hydrogen (secondary N) is 1. The Morgan fingerprint density at radius 1 is 1.29 bits per heavy atom. The molecule has 1 saturated carbocycles. The van der Waals surface area contributed by atoms with E-state index in [0.29, 0.717) is 31.4 Å². The number of carbonyl (C=O) groups is 1. The quantitative estimate of drug-likeness (QED) is 0.457. The lowest BCUT2D eigenvalue weighted by molar-refractivity contribution is -0.146. The molecule has 1 aromatic rings. The van der Waals surface area contributed by atoms with Crippen LogP contribution in [0.3, 0.4) is 0 Å². The normalized spacial score (nSPS) is 24.4.